The Morgan fingerprint density at radius 3 is 2.77 bits per heavy atom. The first-order valence-corrected chi connectivity index (χ1v) is 9.26. The number of nitrogens with one attached hydrogen (secondary N) is 1. The molecule has 0 atom stereocenters. The minimum absolute atomic E-state index is 0. The number of aliphatic imine (C=N–C) groups is 1. The number of benzene rings is 1. The van der Waals surface area contributed by atoms with Crippen molar-refractivity contribution in [2.45, 2.75) is 38.8 Å². The molecule has 140 valence electrons. The van der Waals surface area contributed by atoms with Gasteiger partial charge in [0, 0.05) is 45.6 Å². The van der Waals surface area contributed by atoms with Gasteiger partial charge in [-0.2, -0.15) is 0 Å². The number of halogens is 1. The first-order valence-electron chi connectivity index (χ1n) is 9.26. The summed E-state index contributed by atoms with van der Waals surface area (Å²) in [4.78, 5) is 11.1. The molecule has 2 fully saturated rings. The molecule has 0 unspecified atom stereocenters. The van der Waals surface area contributed by atoms with E-state index in [1.807, 2.05) is 25.8 Å². The van der Waals surface area contributed by atoms with Gasteiger partial charge >= 0.3 is 0 Å². The second kappa shape index (κ2) is 8.41. The van der Waals surface area contributed by atoms with E-state index in [4.69, 9.17) is 0 Å². The number of likely N-dealkylation sites (tertiary alicyclic amines) is 1. The van der Waals surface area contributed by atoms with Crippen LogP contribution in [0.4, 0.5) is 0 Å². The molecule has 1 spiro atoms. The summed E-state index contributed by atoms with van der Waals surface area (Å²) in [5, 5.41) is 3.56. The van der Waals surface area contributed by atoms with Crippen molar-refractivity contribution in [3.8, 4) is 0 Å². The first-order chi connectivity index (χ1) is 12.3. The summed E-state index contributed by atoms with van der Waals surface area (Å²) in [7, 11) is 1.89. The Balaban J connectivity index is 0.00000196. The number of guanidine groups is 1. The number of aromatic nitrogens is 2. The molecular weight excluding hydrogens is 437 g/mol. The smallest absolute Gasteiger partial charge is 0.193 e. The number of imidazole rings is 1. The molecule has 0 radical (unpaired) electrons. The lowest BCUT2D eigenvalue weighted by Gasteiger charge is -2.38. The lowest BCUT2D eigenvalue weighted by molar-refractivity contribution is 0.151. The van der Waals surface area contributed by atoms with Gasteiger partial charge < -0.3 is 14.8 Å². The molecule has 26 heavy (non-hydrogen) atoms. The second-order valence-corrected chi connectivity index (χ2v) is 7.48. The van der Waals surface area contributed by atoms with E-state index in [1.54, 1.807) is 0 Å². The zero-order chi connectivity index (χ0) is 17.1. The maximum Gasteiger partial charge on any atom is 0.193 e. The summed E-state index contributed by atoms with van der Waals surface area (Å²) in [6, 6.07) is 8.73. The van der Waals surface area contributed by atoms with Gasteiger partial charge in [-0.25, -0.2) is 4.98 Å². The minimum atomic E-state index is 0. The van der Waals surface area contributed by atoms with Gasteiger partial charge in [-0.1, -0.05) is 30.7 Å². The van der Waals surface area contributed by atoms with Crippen molar-refractivity contribution in [3.05, 3.63) is 54.1 Å². The summed E-state index contributed by atoms with van der Waals surface area (Å²) in [6.07, 6.45) is 11.2. The van der Waals surface area contributed by atoms with Crippen LogP contribution in [0, 0.1) is 5.41 Å². The summed E-state index contributed by atoms with van der Waals surface area (Å²) < 4.78 is 2.09. The number of hydrogen-bond acceptors (Lipinski definition) is 2. The fourth-order valence-corrected chi connectivity index (χ4v) is 4.14. The number of rotatable bonds is 4. The average molecular weight is 465 g/mol. The van der Waals surface area contributed by atoms with E-state index in [0.717, 1.165) is 25.6 Å². The van der Waals surface area contributed by atoms with E-state index < -0.39 is 0 Å². The van der Waals surface area contributed by atoms with Gasteiger partial charge in [0.2, 0.25) is 0 Å². The summed E-state index contributed by atoms with van der Waals surface area (Å²) in [5.74, 6) is 1.05. The van der Waals surface area contributed by atoms with Crippen LogP contribution >= 0.6 is 24.0 Å². The van der Waals surface area contributed by atoms with Gasteiger partial charge in [-0.05, 0) is 35.8 Å². The van der Waals surface area contributed by atoms with Crippen LogP contribution in [0.5, 0.6) is 0 Å². The third kappa shape index (κ3) is 4.22. The maximum absolute atomic E-state index is 4.51. The highest BCUT2D eigenvalue weighted by molar-refractivity contribution is 14.0. The molecule has 4 rings (SSSR count). The van der Waals surface area contributed by atoms with Crippen molar-refractivity contribution in [3.63, 3.8) is 0 Å². The number of hydrogen-bond donors (Lipinski definition) is 1. The molecule has 5 nitrogen and oxygen atoms in total. The molecule has 1 aliphatic carbocycles. The van der Waals surface area contributed by atoms with E-state index in [2.05, 4.69) is 49.0 Å². The van der Waals surface area contributed by atoms with E-state index in [-0.39, 0.29) is 24.0 Å². The van der Waals surface area contributed by atoms with Crippen LogP contribution in [0.1, 0.15) is 36.8 Å². The molecule has 0 bridgehead atoms. The summed E-state index contributed by atoms with van der Waals surface area (Å²) in [5.41, 5.74) is 3.18. The van der Waals surface area contributed by atoms with Crippen molar-refractivity contribution in [1.82, 2.24) is 19.8 Å². The van der Waals surface area contributed by atoms with Gasteiger partial charge in [0.15, 0.2) is 5.96 Å². The van der Waals surface area contributed by atoms with Crippen molar-refractivity contribution < 1.29 is 0 Å². The van der Waals surface area contributed by atoms with Gasteiger partial charge in [0.1, 0.15) is 0 Å². The maximum atomic E-state index is 4.51. The van der Waals surface area contributed by atoms with Crippen molar-refractivity contribution in [1.29, 1.82) is 0 Å². The summed E-state index contributed by atoms with van der Waals surface area (Å²) >= 11 is 0. The van der Waals surface area contributed by atoms with E-state index >= 15 is 0 Å². The van der Waals surface area contributed by atoms with Crippen LogP contribution in [0.25, 0.3) is 0 Å². The molecule has 6 heteroatoms. The normalized spacial score (nSPS) is 18.5. The highest BCUT2D eigenvalue weighted by Crippen LogP contribution is 2.47. The van der Waals surface area contributed by atoms with Crippen LogP contribution in [0.2, 0.25) is 0 Å². The minimum Gasteiger partial charge on any atom is -0.352 e. The molecule has 1 saturated heterocycles. The molecular formula is C20H28IN5. The highest BCUT2D eigenvalue weighted by atomic mass is 127. The predicted molar refractivity (Wildman–Crippen MR) is 116 cm³/mol. The monoisotopic (exact) mass is 465 g/mol. The predicted octanol–water partition coefficient (Wildman–Crippen LogP) is 3.50. The van der Waals surface area contributed by atoms with Crippen molar-refractivity contribution >= 4 is 29.9 Å². The van der Waals surface area contributed by atoms with Crippen LogP contribution < -0.4 is 5.32 Å². The largest absolute Gasteiger partial charge is 0.352 e. The quantitative estimate of drug-likeness (QED) is 0.427. The molecule has 1 aliphatic heterocycles. The molecule has 0 amide bonds. The van der Waals surface area contributed by atoms with Crippen LogP contribution in [-0.4, -0.2) is 40.5 Å². The van der Waals surface area contributed by atoms with E-state index in [1.165, 1.54) is 43.4 Å². The van der Waals surface area contributed by atoms with Gasteiger partial charge in [0.05, 0.1) is 6.33 Å². The van der Waals surface area contributed by atoms with Crippen LogP contribution in [-0.2, 0) is 13.1 Å². The second-order valence-electron chi connectivity index (χ2n) is 7.48. The molecule has 2 aromatic rings. The Morgan fingerprint density at radius 1 is 1.27 bits per heavy atom. The zero-order valence-electron chi connectivity index (χ0n) is 15.4. The third-order valence-corrected chi connectivity index (χ3v) is 5.73. The zero-order valence-corrected chi connectivity index (χ0v) is 17.7. The Kier molecular flexibility index (Phi) is 6.21. The van der Waals surface area contributed by atoms with Crippen LogP contribution in [0.3, 0.4) is 0 Å². The lowest BCUT2D eigenvalue weighted by atomic mass is 9.68. The van der Waals surface area contributed by atoms with Crippen molar-refractivity contribution in [2.75, 3.05) is 20.1 Å². The van der Waals surface area contributed by atoms with E-state index in [9.17, 15) is 0 Å². The lowest BCUT2D eigenvalue weighted by Crippen LogP contribution is -2.42. The molecule has 2 heterocycles. The molecule has 1 aromatic heterocycles. The SMILES string of the molecule is CN=C(NCc1cccc(Cn2ccnc2)c1)N1CCC2(CCC2)C1.I. The topological polar surface area (TPSA) is 45.5 Å². The Labute approximate surface area is 172 Å². The Morgan fingerprint density at radius 2 is 2.12 bits per heavy atom. The average Bonchev–Trinajstić information content (AvgIpc) is 3.25. The highest BCUT2D eigenvalue weighted by Gasteiger charge is 2.43. The van der Waals surface area contributed by atoms with E-state index in [0.29, 0.717) is 5.41 Å². The molecule has 1 saturated carbocycles. The first kappa shape index (κ1) is 19.2. The number of nitrogens with zero attached hydrogens (tertiary/aromatic N) is 4. The Hall–Kier alpha value is -1.57. The van der Waals surface area contributed by atoms with Crippen LogP contribution in [0.15, 0.2) is 48.0 Å². The molecule has 2 aliphatic rings. The fourth-order valence-electron chi connectivity index (χ4n) is 4.14. The Bertz CT molecular complexity index is 736. The van der Waals surface area contributed by atoms with Gasteiger partial charge in [0.25, 0.3) is 0 Å². The van der Waals surface area contributed by atoms with Crippen molar-refractivity contribution in [2.24, 2.45) is 10.4 Å². The third-order valence-electron chi connectivity index (χ3n) is 5.73. The van der Waals surface area contributed by atoms with Gasteiger partial charge in [-0.15, -0.1) is 24.0 Å². The summed E-state index contributed by atoms with van der Waals surface area (Å²) in [6.45, 7) is 3.98. The molecule has 1 aromatic carbocycles. The molecule has 1 N–H and O–H groups in total. The van der Waals surface area contributed by atoms with Gasteiger partial charge in [-0.3, -0.25) is 4.99 Å². The standard InChI is InChI=1S/C20H27N5.HI/c1-21-19(25-10-8-20(15-25)6-3-7-20)23-13-17-4-2-5-18(12-17)14-24-11-9-22-16-24;/h2,4-5,9,11-12,16H,3,6-8,10,13-15H2,1H3,(H,21,23);1H. The fraction of sp³-hybridized carbons (Fsp3) is 0.500.